The Bertz CT molecular complexity index is 896. The van der Waals surface area contributed by atoms with E-state index in [-0.39, 0.29) is 11.1 Å². The van der Waals surface area contributed by atoms with E-state index in [1.807, 2.05) is 18.3 Å². The van der Waals surface area contributed by atoms with Gasteiger partial charge in [0.2, 0.25) is 5.95 Å². The van der Waals surface area contributed by atoms with Crippen LogP contribution in [0.25, 0.3) is 6.08 Å². The second-order valence-electron chi connectivity index (χ2n) is 6.69. The molecule has 2 N–H and O–H groups in total. The second-order valence-corrected chi connectivity index (χ2v) is 7.70. The van der Waals surface area contributed by atoms with Gasteiger partial charge in [-0.25, -0.2) is 9.97 Å². The van der Waals surface area contributed by atoms with Gasteiger partial charge in [-0.2, -0.15) is 0 Å². The first kappa shape index (κ1) is 18.4. The number of hydrogen-bond acceptors (Lipinski definition) is 8. The Morgan fingerprint density at radius 1 is 1.25 bits per heavy atom. The fourth-order valence-corrected chi connectivity index (χ4v) is 3.88. The number of thioether (sulfide) groups is 1. The number of amides is 2. The van der Waals surface area contributed by atoms with Gasteiger partial charge in [0.05, 0.1) is 16.3 Å². The van der Waals surface area contributed by atoms with Gasteiger partial charge in [-0.15, -0.1) is 0 Å². The summed E-state index contributed by atoms with van der Waals surface area (Å²) >= 11 is 0.890. The average molecular weight is 396 g/mol. The number of nitrogens with one attached hydrogen (secondary N) is 2. The Morgan fingerprint density at radius 2 is 2.11 bits per heavy atom. The highest BCUT2D eigenvalue weighted by Gasteiger charge is 2.25. The van der Waals surface area contributed by atoms with Crippen molar-refractivity contribution < 1.29 is 9.59 Å². The van der Waals surface area contributed by atoms with Crippen LogP contribution in [0.3, 0.4) is 0 Å². The third-order valence-corrected chi connectivity index (χ3v) is 5.55. The summed E-state index contributed by atoms with van der Waals surface area (Å²) < 4.78 is 0. The molecule has 144 valence electrons. The van der Waals surface area contributed by atoms with Gasteiger partial charge in [-0.3, -0.25) is 19.9 Å². The lowest BCUT2D eigenvalue weighted by Crippen LogP contribution is -2.36. The molecule has 0 spiro atoms. The van der Waals surface area contributed by atoms with Crippen molar-refractivity contribution >= 4 is 40.6 Å². The number of anilines is 2. The van der Waals surface area contributed by atoms with Gasteiger partial charge in [0, 0.05) is 38.2 Å². The van der Waals surface area contributed by atoms with Crippen LogP contribution in [0, 0.1) is 5.92 Å². The quantitative estimate of drug-likeness (QED) is 0.744. The Hall–Kier alpha value is -2.94. The number of pyridine rings is 1. The SMILES string of the molecule is O=C1NC(=O)/C(=C\c2ccnc(N3CCC(CNc4cccnc4)CC3)n2)S1. The number of aromatic nitrogens is 3. The maximum atomic E-state index is 11.7. The van der Waals surface area contributed by atoms with Gasteiger partial charge in [0.25, 0.3) is 11.1 Å². The number of piperidine rings is 1. The van der Waals surface area contributed by atoms with Crippen molar-refractivity contribution in [2.75, 3.05) is 29.9 Å². The van der Waals surface area contributed by atoms with E-state index >= 15 is 0 Å². The molecule has 2 aromatic heterocycles. The zero-order valence-electron chi connectivity index (χ0n) is 15.2. The van der Waals surface area contributed by atoms with E-state index in [1.165, 1.54) is 0 Å². The van der Waals surface area contributed by atoms with Crippen molar-refractivity contribution in [3.63, 3.8) is 0 Å². The smallest absolute Gasteiger partial charge is 0.290 e. The molecule has 2 saturated heterocycles. The number of carbonyl (C=O) groups is 2. The number of imide groups is 1. The Kier molecular flexibility index (Phi) is 5.52. The van der Waals surface area contributed by atoms with Gasteiger partial charge in [-0.05, 0) is 54.8 Å². The summed E-state index contributed by atoms with van der Waals surface area (Å²) in [6.45, 7) is 2.69. The molecule has 4 heterocycles. The van der Waals surface area contributed by atoms with E-state index in [2.05, 4.69) is 30.5 Å². The molecule has 2 aliphatic rings. The molecule has 0 aromatic carbocycles. The highest BCUT2D eigenvalue weighted by molar-refractivity contribution is 8.18. The summed E-state index contributed by atoms with van der Waals surface area (Å²) in [6.07, 6.45) is 9.01. The lowest BCUT2D eigenvalue weighted by Gasteiger charge is -2.32. The molecule has 9 heteroatoms. The van der Waals surface area contributed by atoms with Crippen molar-refractivity contribution in [1.82, 2.24) is 20.3 Å². The maximum absolute atomic E-state index is 11.7. The van der Waals surface area contributed by atoms with Crippen LogP contribution in [0.1, 0.15) is 18.5 Å². The van der Waals surface area contributed by atoms with Gasteiger partial charge in [0.15, 0.2) is 0 Å². The van der Waals surface area contributed by atoms with Crippen molar-refractivity contribution in [3.8, 4) is 0 Å². The van der Waals surface area contributed by atoms with Crippen LogP contribution < -0.4 is 15.5 Å². The monoisotopic (exact) mass is 396 g/mol. The third-order valence-electron chi connectivity index (χ3n) is 4.74. The van der Waals surface area contributed by atoms with E-state index in [1.54, 1.807) is 24.5 Å². The first-order valence-electron chi connectivity index (χ1n) is 9.14. The van der Waals surface area contributed by atoms with Crippen LogP contribution in [0.2, 0.25) is 0 Å². The summed E-state index contributed by atoms with van der Waals surface area (Å²) in [5, 5.41) is 5.33. The summed E-state index contributed by atoms with van der Waals surface area (Å²) in [7, 11) is 0. The molecule has 2 aromatic rings. The highest BCUT2D eigenvalue weighted by Crippen LogP contribution is 2.26. The summed E-state index contributed by atoms with van der Waals surface area (Å²) in [6, 6.07) is 5.68. The third kappa shape index (κ3) is 4.48. The molecule has 8 nitrogen and oxygen atoms in total. The lowest BCUT2D eigenvalue weighted by atomic mass is 9.97. The van der Waals surface area contributed by atoms with Crippen LogP contribution in [-0.2, 0) is 4.79 Å². The summed E-state index contributed by atoms with van der Waals surface area (Å²) in [5.41, 5.74) is 1.67. The predicted octanol–water partition coefficient (Wildman–Crippen LogP) is 2.52. The number of carbonyl (C=O) groups excluding carboxylic acids is 2. The fourth-order valence-electron chi connectivity index (χ4n) is 3.22. The molecule has 0 saturated carbocycles. The molecule has 2 amide bonds. The minimum atomic E-state index is -0.378. The lowest BCUT2D eigenvalue weighted by molar-refractivity contribution is -0.115. The predicted molar refractivity (Wildman–Crippen MR) is 109 cm³/mol. The van der Waals surface area contributed by atoms with Gasteiger partial charge < -0.3 is 10.2 Å². The highest BCUT2D eigenvalue weighted by atomic mass is 32.2. The van der Waals surface area contributed by atoms with Crippen molar-refractivity contribution in [3.05, 3.63) is 47.4 Å². The van der Waals surface area contributed by atoms with Gasteiger partial charge >= 0.3 is 0 Å². The van der Waals surface area contributed by atoms with Crippen molar-refractivity contribution in [2.45, 2.75) is 12.8 Å². The largest absolute Gasteiger partial charge is 0.384 e. The number of rotatable bonds is 5. The number of nitrogens with zero attached hydrogens (tertiary/aromatic N) is 4. The Balaban J connectivity index is 1.34. The van der Waals surface area contributed by atoms with Crippen molar-refractivity contribution in [1.29, 1.82) is 0 Å². The molecule has 0 bridgehead atoms. The van der Waals surface area contributed by atoms with E-state index in [4.69, 9.17) is 0 Å². The van der Waals surface area contributed by atoms with Crippen LogP contribution >= 0.6 is 11.8 Å². The molecule has 0 radical (unpaired) electrons. The minimum Gasteiger partial charge on any atom is -0.384 e. The molecule has 28 heavy (non-hydrogen) atoms. The second kappa shape index (κ2) is 8.39. The van der Waals surface area contributed by atoms with Crippen molar-refractivity contribution in [2.24, 2.45) is 5.92 Å². The normalized spacial score (nSPS) is 19.1. The van der Waals surface area contributed by atoms with Crippen LogP contribution in [-0.4, -0.2) is 45.7 Å². The maximum Gasteiger partial charge on any atom is 0.290 e. The van der Waals surface area contributed by atoms with E-state index in [9.17, 15) is 9.59 Å². The molecule has 2 aliphatic heterocycles. The molecule has 0 unspecified atom stereocenters. The standard InChI is InChI=1S/C19H20N6O2S/c26-17-16(28-19(27)24-17)10-14-3-7-21-18(23-14)25-8-4-13(5-9-25)11-22-15-2-1-6-20-12-15/h1-3,6-7,10,12-13,22H,4-5,8-9,11H2,(H,24,26,27)/b16-10+. The molecular formula is C19H20N6O2S. The van der Waals surface area contributed by atoms with Crippen LogP contribution in [0.5, 0.6) is 0 Å². The number of hydrogen-bond donors (Lipinski definition) is 2. The average Bonchev–Trinajstić information content (AvgIpc) is 3.04. The zero-order valence-corrected chi connectivity index (χ0v) is 16.0. The fraction of sp³-hybridized carbons (Fsp3) is 0.316. The Morgan fingerprint density at radius 3 is 2.82 bits per heavy atom. The topological polar surface area (TPSA) is 100 Å². The van der Waals surface area contributed by atoms with Gasteiger partial charge in [0.1, 0.15) is 0 Å². The van der Waals surface area contributed by atoms with Crippen LogP contribution in [0.4, 0.5) is 16.4 Å². The first-order chi connectivity index (χ1) is 13.7. The van der Waals surface area contributed by atoms with Gasteiger partial charge in [-0.1, -0.05) is 0 Å². The van der Waals surface area contributed by atoms with E-state index < -0.39 is 0 Å². The zero-order chi connectivity index (χ0) is 19.3. The molecule has 2 fully saturated rings. The summed E-state index contributed by atoms with van der Waals surface area (Å²) in [4.78, 5) is 38.5. The van der Waals surface area contributed by atoms with E-state index in [0.717, 1.165) is 49.9 Å². The molecular weight excluding hydrogens is 376 g/mol. The van der Waals surface area contributed by atoms with Crippen LogP contribution in [0.15, 0.2) is 41.7 Å². The molecule has 0 atom stereocenters. The van der Waals surface area contributed by atoms with E-state index in [0.29, 0.717) is 22.5 Å². The summed E-state index contributed by atoms with van der Waals surface area (Å²) in [5.74, 6) is 0.867. The Labute approximate surface area is 166 Å². The first-order valence-corrected chi connectivity index (χ1v) is 9.96. The molecule has 4 rings (SSSR count). The molecule has 0 aliphatic carbocycles. The minimum absolute atomic E-state index is 0.354.